The van der Waals surface area contributed by atoms with Gasteiger partial charge in [-0.25, -0.2) is 4.79 Å². The van der Waals surface area contributed by atoms with E-state index >= 15 is 0 Å². The molecule has 0 aromatic carbocycles. The largest absolute Gasteiger partial charge is 0.480 e. The summed E-state index contributed by atoms with van der Waals surface area (Å²) in [7, 11) is 0. The molecule has 0 bridgehead atoms. The van der Waals surface area contributed by atoms with Gasteiger partial charge in [0, 0.05) is 12.3 Å². The fraction of sp³-hybridized carbons (Fsp3) is 0.789. The molecule has 1 fully saturated rings. The summed E-state index contributed by atoms with van der Waals surface area (Å²) in [6.45, 7) is 7.66. The lowest BCUT2D eigenvalue weighted by atomic mass is 9.97. The van der Waals surface area contributed by atoms with Crippen molar-refractivity contribution >= 4 is 36.3 Å². The van der Waals surface area contributed by atoms with E-state index in [4.69, 9.17) is 5.73 Å². The van der Waals surface area contributed by atoms with E-state index in [1.165, 1.54) is 4.90 Å². The molecule has 0 spiro atoms. The molecule has 0 aromatic rings. The van der Waals surface area contributed by atoms with Gasteiger partial charge in [0.25, 0.3) is 0 Å². The first-order valence-corrected chi connectivity index (χ1v) is 10.7. The van der Waals surface area contributed by atoms with Crippen LogP contribution in [0.1, 0.15) is 47.0 Å². The maximum atomic E-state index is 12.8. The Bertz CT molecular complexity index is 615. The molecule has 29 heavy (non-hydrogen) atoms. The Morgan fingerprint density at radius 3 is 2.28 bits per heavy atom. The molecule has 1 saturated heterocycles. The molecule has 0 saturated carbocycles. The van der Waals surface area contributed by atoms with Gasteiger partial charge in [-0.1, -0.05) is 34.1 Å². The number of nitrogens with two attached hydrogens (primary N) is 1. The number of nitrogens with one attached hydrogen (secondary N) is 2. The summed E-state index contributed by atoms with van der Waals surface area (Å²) in [5.41, 5.74) is 5.95. The highest BCUT2D eigenvalue weighted by Crippen LogP contribution is 2.19. The lowest BCUT2D eigenvalue weighted by Crippen LogP contribution is -2.59. The summed E-state index contributed by atoms with van der Waals surface area (Å²) >= 11 is 4.15. The van der Waals surface area contributed by atoms with Gasteiger partial charge in [0.15, 0.2) is 0 Å². The van der Waals surface area contributed by atoms with E-state index in [1.54, 1.807) is 13.8 Å². The first-order valence-electron chi connectivity index (χ1n) is 10.1. The first-order chi connectivity index (χ1) is 13.5. The molecule has 5 atom stereocenters. The molecule has 5 unspecified atom stereocenters. The molecule has 10 heteroatoms. The van der Waals surface area contributed by atoms with Crippen LogP contribution in [0.3, 0.4) is 0 Å². The van der Waals surface area contributed by atoms with Crippen molar-refractivity contribution in [2.45, 2.75) is 71.1 Å². The Labute approximate surface area is 177 Å². The van der Waals surface area contributed by atoms with Crippen molar-refractivity contribution < 1.29 is 24.3 Å². The molecule has 0 radical (unpaired) electrons. The highest BCUT2D eigenvalue weighted by molar-refractivity contribution is 7.80. The Morgan fingerprint density at radius 1 is 1.17 bits per heavy atom. The molecule has 1 rings (SSSR count). The van der Waals surface area contributed by atoms with E-state index in [1.807, 2.05) is 13.8 Å². The number of aliphatic carboxylic acids is 1. The van der Waals surface area contributed by atoms with Crippen LogP contribution in [0.2, 0.25) is 0 Å². The van der Waals surface area contributed by atoms with Crippen molar-refractivity contribution in [3.63, 3.8) is 0 Å². The van der Waals surface area contributed by atoms with Crippen LogP contribution in [0, 0.1) is 11.8 Å². The number of carbonyl (C=O) groups is 4. The maximum absolute atomic E-state index is 12.8. The molecule has 166 valence electrons. The van der Waals surface area contributed by atoms with E-state index in [0.29, 0.717) is 19.4 Å². The molecule has 1 aliphatic rings. The van der Waals surface area contributed by atoms with E-state index in [-0.39, 0.29) is 17.6 Å². The van der Waals surface area contributed by atoms with Gasteiger partial charge in [-0.2, -0.15) is 12.6 Å². The molecule has 1 aliphatic heterocycles. The van der Waals surface area contributed by atoms with Gasteiger partial charge in [0.1, 0.15) is 18.1 Å². The summed E-state index contributed by atoms with van der Waals surface area (Å²) in [6.07, 6.45) is 1.70. The van der Waals surface area contributed by atoms with Gasteiger partial charge < -0.3 is 26.4 Å². The van der Waals surface area contributed by atoms with Crippen molar-refractivity contribution in [1.82, 2.24) is 15.5 Å². The molecular formula is C19H34N4O5S. The third-order valence-corrected chi connectivity index (χ3v) is 5.79. The number of likely N-dealkylation sites (tertiary alicyclic amines) is 1. The first kappa shape index (κ1) is 25.2. The standard InChI is InChI=1S/C19H34N4O5S/c1-5-11(4)14(20)16(24)22-15(10(2)3)17(25)21-12(9-29)18(26)23-8-6-7-13(23)19(27)28/h10-15,29H,5-9,20H2,1-4H3,(H,21,25)(H,22,24)(H,27,28). The van der Waals surface area contributed by atoms with E-state index < -0.39 is 47.9 Å². The van der Waals surface area contributed by atoms with Crippen molar-refractivity contribution in [2.24, 2.45) is 17.6 Å². The van der Waals surface area contributed by atoms with Gasteiger partial charge in [0.2, 0.25) is 17.7 Å². The lowest BCUT2D eigenvalue weighted by Gasteiger charge is -2.29. The summed E-state index contributed by atoms with van der Waals surface area (Å²) in [5.74, 6) is -2.76. The van der Waals surface area contributed by atoms with Gasteiger partial charge >= 0.3 is 5.97 Å². The fourth-order valence-electron chi connectivity index (χ4n) is 3.23. The second-order valence-corrected chi connectivity index (χ2v) is 8.28. The predicted molar refractivity (Wildman–Crippen MR) is 112 cm³/mol. The zero-order valence-corrected chi connectivity index (χ0v) is 18.4. The third-order valence-electron chi connectivity index (χ3n) is 5.42. The number of thiol groups is 1. The Hall–Kier alpha value is -1.81. The van der Waals surface area contributed by atoms with Crippen LogP contribution < -0.4 is 16.4 Å². The summed E-state index contributed by atoms with van der Waals surface area (Å²) < 4.78 is 0. The summed E-state index contributed by atoms with van der Waals surface area (Å²) in [4.78, 5) is 50.6. The van der Waals surface area contributed by atoms with E-state index in [9.17, 15) is 24.3 Å². The predicted octanol–water partition coefficient (Wildman–Crippen LogP) is -0.00920. The Morgan fingerprint density at radius 2 is 1.79 bits per heavy atom. The minimum atomic E-state index is -1.06. The summed E-state index contributed by atoms with van der Waals surface area (Å²) in [5, 5.41) is 14.6. The van der Waals surface area contributed by atoms with Crippen LogP contribution in [-0.2, 0) is 19.2 Å². The highest BCUT2D eigenvalue weighted by atomic mass is 32.1. The zero-order chi connectivity index (χ0) is 22.3. The number of nitrogens with zero attached hydrogens (tertiary/aromatic N) is 1. The number of carboxylic acid groups (broad SMARTS) is 1. The topological polar surface area (TPSA) is 142 Å². The van der Waals surface area contributed by atoms with Gasteiger partial charge in [-0.3, -0.25) is 14.4 Å². The second kappa shape index (κ2) is 11.4. The third kappa shape index (κ3) is 6.60. The molecule has 5 N–H and O–H groups in total. The van der Waals surface area contributed by atoms with Crippen LogP contribution >= 0.6 is 12.6 Å². The van der Waals surface area contributed by atoms with Crippen LogP contribution in [-0.4, -0.2) is 70.2 Å². The Balaban J connectivity index is 2.85. The van der Waals surface area contributed by atoms with Crippen LogP contribution in [0.5, 0.6) is 0 Å². The van der Waals surface area contributed by atoms with Crippen molar-refractivity contribution in [2.75, 3.05) is 12.3 Å². The molecule has 3 amide bonds. The molecule has 1 heterocycles. The normalized spacial score (nSPS) is 20.7. The Kier molecular flexibility index (Phi) is 9.91. The fourth-order valence-corrected chi connectivity index (χ4v) is 3.48. The highest BCUT2D eigenvalue weighted by Gasteiger charge is 2.38. The number of carboxylic acids is 1. The average Bonchev–Trinajstić information content (AvgIpc) is 3.17. The minimum Gasteiger partial charge on any atom is -0.480 e. The van der Waals surface area contributed by atoms with E-state index in [2.05, 4.69) is 23.3 Å². The van der Waals surface area contributed by atoms with Crippen LogP contribution in [0.15, 0.2) is 0 Å². The molecular weight excluding hydrogens is 396 g/mol. The van der Waals surface area contributed by atoms with Gasteiger partial charge in [-0.05, 0) is 24.7 Å². The minimum absolute atomic E-state index is 0.0125. The SMILES string of the molecule is CCC(C)C(N)C(=O)NC(C(=O)NC(CS)C(=O)N1CCCC1C(=O)O)C(C)C. The van der Waals surface area contributed by atoms with Gasteiger partial charge in [-0.15, -0.1) is 0 Å². The maximum Gasteiger partial charge on any atom is 0.326 e. The van der Waals surface area contributed by atoms with E-state index in [0.717, 1.165) is 6.42 Å². The molecule has 0 aliphatic carbocycles. The second-order valence-electron chi connectivity index (χ2n) is 7.91. The number of hydrogen-bond acceptors (Lipinski definition) is 6. The lowest BCUT2D eigenvalue weighted by molar-refractivity contribution is -0.149. The van der Waals surface area contributed by atoms with Crippen molar-refractivity contribution in [3.8, 4) is 0 Å². The van der Waals surface area contributed by atoms with Crippen molar-refractivity contribution in [1.29, 1.82) is 0 Å². The number of amides is 3. The zero-order valence-electron chi connectivity index (χ0n) is 17.6. The van der Waals surface area contributed by atoms with Gasteiger partial charge in [0.05, 0.1) is 6.04 Å². The number of rotatable bonds is 10. The van der Waals surface area contributed by atoms with Crippen molar-refractivity contribution in [3.05, 3.63) is 0 Å². The van der Waals surface area contributed by atoms with Crippen LogP contribution in [0.25, 0.3) is 0 Å². The monoisotopic (exact) mass is 430 g/mol. The number of carbonyl (C=O) groups excluding carboxylic acids is 3. The average molecular weight is 431 g/mol. The molecule has 0 aromatic heterocycles. The summed E-state index contributed by atoms with van der Waals surface area (Å²) in [6, 6.07) is -3.48. The van der Waals surface area contributed by atoms with Crippen LogP contribution in [0.4, 0.5) is 0 Å². The molecule has 9 nitrogen and oxygen atoms in total. The smallest absolute Gasteiger partial charge is 0.326 e. The number of hydrogen-bond donors (Lipinski definition) is 5. The quantitative estimate of drug-likeness (QED) is 0.309.